The minimum Gasteiger partial charge on any atom is -0.468 e. The number of esters is 1. The number of para-hydroxylation sites is 1. The molecule has 7 heteroatoms. The molecular weight excluding hydrogens is 292 g/mol. The molecule has 2 amide bonds. The summed E-state index contributed by atoms with van der Waals surface area (Å²) in [5, 5.41) is 2.44. The summed E-state index contributed by atoms with van der Waals surface area (Å²) in [5.74, 6) is -1.40. The molecule has 0 bridgehead atoms. The summed E-state index contributed by atoms with van der Waals surface area (Å²) in [6, 6.07) is 7.37. The molecule has 0 saturated carbocycles. The summed E-state index contributed by atoms with van der Waals surface area (Å²) in [6.07, 6.45) is 0. The third-order valence-electron chi connectivity index (χ3n) is 3.31. The molecular formula is C14H16N2O4S. The Morgan fingerprint density at radius 3 is 2.71 bits per heavy atom. The van der Waals surface area contributed by atoms with Crippen LogP contribution in [0.3, 0.4) is 0 Å². The van der Waals surface area contributed by atoms with Crippen LogP contribution in [-0.4, -0.2) is 43.2 Å². The van der Waals surface area contributed by atoms with Gasteiger partial charge in [0.1, 0.15) is 6.54 Å². The normalized spacial score (nSPS) is 20.7. The number of rotatable bonds is 3. The van der Waals surface area contributed by atoms with E-state index in [9.17, 15) is 14.4 Å². The van der Waals surface area contributed by atoms with Crippen LogP contribution in [0.1, 0.15) is 6.92 Å². The molecule has 21 heavy (non-hydrogen) atoms. The van der Waals surface area contributed by atoms with Gasteiger partial charge in [0, 0.05) is 11.9 Å². The first-order valence-corrected chi connectivity index (χ1v) is 7.13. The minimum absolute atomic E-state index is 0.260. The SMILES string of the molecule is COC(=O)CNC(=O)[C@]1(C)Sc2ccccc2N(C)C1=O. The number of benzene rings is 1. The largest absolute Gasteiger partial charge is 0.468 e. The number of ether oxygens (including phenoxy) is 1. The van der Waals surface area contributed by atoms with Crippen molar-refractivity contribution in [1.82, 2.24) is 5.32 Å². The summed E-state index contributed by atoms with van der Waals surface area (Å²) in [4.78, 5) is 38.2. The Balaban J connectivity index is 2.24. The number of anilines is 1. The van der Waals surface area contributed by atoms with Crippen LogP contribution in [-0.2, 0) is 19.1 Å². The number of carbonyl (C=O) groups excluding carboxylic acids is 3. The molecule has 1 aromatic rings. The molecule has 0 radical (unpaired) electrons. The highest BCUT2D eigenvalue weighted by atomic mass is 32.2. The van der Waals surface area contributed by atoms with Crippen molar-refractivity contribution in [1.29, 1.82) is 0 Å². The number of carbonyl (C=O) groups is 3. The van der Waals surface area contributed by atoms with Crippen LogP contribution in [0.15, 0.2) is 29.2 Å². The predicted octanol–water partition coefficient (Wildman–Crippen LogP) is 0.803. The first-order valence-electron chi connectivity index (χ1n) is 6.31. The average Bonchev–Trinajstić information content (AvgIpc) is 2.50. The lowest BCUT2D eigenvalue weighted by Gasteiger charge is -2.36. The Bertz CT molecular complexity index is 604. The topological polar surface area (TPSA) is 75.7 Å². The standard InChI is InChI=1S/C14H16N2O4S/c1-14(12(18)15-8-11(17)20-3)13(19)16(2)9-6-4-5-7-10(9)21-14/h4-7H,8H2,1-3H3,(H,15,18)/t14-/m0/s1. The summed E-state index contributed by atoms with van der Waals surface area (Å²) in [5.41, 5.74) is 0.769. The van der Waals surface area contributed by atoms with E-state index in [1.807, 2.05) is 24.3 Å². The maximum Gasteiger partial charge on any atom is 0.325 e. The van der Waals surface area contributed by atoms with E-state index >= 15 is 0 Å². The van der Waals surface area contributed by atoms with Gasteiger partial charge in [-0.05, 0) is 19.1 Å². The van der Waals surface area contributed by atoms with Crippen molar-refractivity contribution >= 4 is 35.2 Å². The zero-order valence-electron chi connectivity index (χ0n) is 12.0. The van der Waals surface area contributed by atoms with Crippen molar-refractivity contribution in [2.24, 2.45) is 0 Å². The Morgan fingerprint density at radius 2 is 2.05 bits per heavy atom. The Morgan fingerprint density at radius 1 is 1.38 bits per heavy atom. The lowest BCUT2D eigenvalue weighted by molar-refractivity contribution is -0.142. The molecule has 1 atom stereocenters. The highest BCUT2D eigenvalue weighted by Crippen LogP contribution is 2.44. The molecule has 1 aliphatic rings. The van der Waals surface area contributed by atoms with Crippen LogP contribution in [0.4, 0.5) is 5.69 Å². The van der Waals surface area contributed by atoms with E-state index in [1.54, 1.807) is 14.0 Å². The second-order valence-electron chi connectivity index (χ2n) is 4.73. The lowest BCUT2D eigenvalue weighted by Crippen LogP contribution is -2.56. The first kappa shape index (κ1) is 15.4. The second-order valence-corrected chi connectivity index (χ2v) is 6.19. The number of nitrogens with zero attached hydrogens (tertiary/aromatic N) is 1. The first-order chi connectivity index (χ1) is 9.90. The number of fused-ring (bicyclic) bond motifs is 1. The molecule has 0 fully saturated rings. The molecule has 0 unspecified atom stereocenters. The monoisotopic (exact) mass is 308 g/mol. The second kappa shape index (κ2) is 5.77. The molecule has 1 N–H and O–H groups in total. The third-order valence-corrected chi connectivity index (χ3v) is 4.64. The summed E-state index contributed by atoms with van der Waals surface area (Å²) in [6.45, 7) is 1.29. The molecule has 2 rings (SSSR count). The van der Waals surface area contributed by atoms with Crippen LogP contribution >= 0.6 is 11.8 Å². The fourth-order valence-corrected chi connectivity index (χ4v) is 3.34. The van der Waals surface area contributed by atoms with Gasteiger partial charge in [0.2, 0.25) is 5.91 Å². The van der Waals surface area contributed by atoms with Crippen LogP contribution in [0, 0.1) is 0 Å². The van der Waals surface area contributed by atoms with Crippen molar-refractivity contribution in [3.63, 3.8) is 0 Å². The molecule has 112 valence electrons. The third kappa shape index (κ3) is 2.73. The molecule has 0 aromatic heterocycles. The van der Waals surface area contributed by atoms with Gasteiger partial charge in [0.15, 0.2) is 4.75 Å². The molecule has 6 nitrogen and oxygen atoms in total. The van der Waals surface area contributed by atoms with Gasteiger partial charge >= 0.3 is 5.97 Å². The van der Waals surface area contributed by atoms with E-state index in [0.29, 0.717) is 0 Å². The Kier molecular flexibility index (Phi) is 4.22. The molecule has 1 aliphatic heterocycles. The van der Waals surface area contributed by atoms with Crippen LogP contribution in [0.2, 0.25) is 0 Å². The molecule has 1 aromatic carbocycles. The summed E-state index contributed by atoms with van der Waals surface area (Å²) >= 11 is 1.18. The number of thioether (sulfide) groups is 1. The van der Waals surface area contributed by atoms with Gasteiger partial charge in [-0.25, -0.2) is 0 Å². The maximum absolute atomic E-state index is 12.5. The Labute approximate surface area is 126 Å². The van der Waals surface area contributed by atoms with E-state index in [4.69, 9.17) is 0 Å². The quantitative estimate of drug-likeness (QED) is 0.660. The van der Waals surface area contributed by atoms with Crippen LogP contribution in [0.25, 0.3) is 0 Å². The number of hydrogen-bond donors (Lipinski definition) is 1. The predicted molar refractivity (Wildman–Crippen MR) is 79.1 cm³/mol. The highest BCUT2D eigenvalue weighted by molar-refractivity contribution is 8.02. The Hall–Kier alpha value is -2.02. The summed E-state index contributed by atoms with van der Waals surface area (Å²) in [7, 11) is 2.87. The van der Waals surface area contributed by atoms with E-state index in [1.165, 1.54) is 23.8 Å². The molecule has 0 spiro atoms. The number of hydrogen-bond acceptors (Lipinski definition) is 5. The average molecular weight is 308 g/mol. The minimum atomic E-state index is -1.31. The zero-order valence-corrected chi connectivity index (χ0v) is 12.8. The van der Waals surface area contributed by atoms with E-state index in [0.717, 1.165) is 10.6 Å². The van der Waals surface area contributed by atoms with Crippen molar-refractivity contribution < 1.29 is 19.1 Å². The van der Waals surface area contributed by atoms with Gasteiger partial charge in [0.25, 0.3) is 5.91 Å². The number of amides is 2. The van der Waals surface area contributed by atoms with Gasteiger partial charge < -0.3 is 15.0 Å². The lowest BCUT2D eigenvalue weighted by atomic mass is 10.1. The maximum atomic E-state index is 12.5. The van der Waals surface area contributed by atoms with Crippen LogP contribution < -0.4 is 10.2 Å². The fourth-order valence-electron chi connectivity index (χ4n) is 2.05. The van der Waals surface area contributed by atoms with Gasteiger partial charge in [-0.1, -0.05) is 23.9 Å². The van der Waals surface area contributed by atoms with Crippen molar-refractivity contribution in [3.05, 3.63) is 24.3 Å². The van der Waals surface area contributed by atoms with E-state index in [2.05, 4.69) is 10.1 Å². The van der Waals surface area contributed by atoms with Crippen molar-refractivity contribution in [2.45, 2.75) is 16.6 Å². The smallest absolute Gasteiger partial charge is 0.325 e. The van der Waals surface area contributed by atoms with Crippen molar-refractivity contribution in [2.75, 3.05) is 25.6 Å². The fraction of sp³-hybridized carbons (Fsp3) is 0.357. The van der Waals surface area contributed by atoms with E-state index < -0.39 is 16.6 Å². The van der Waals surface area contributed by atoms with Crippen molar-refractivity contribution in [3.8, 4) is 0 Å². The van der Waals surface area contributed by atoms with Gasteiger partial charge in [0.05, 0.1) is 12.8 Å². The van der Waals surface area contributed by atoms with E-state index in [-0.39, 0.29) is 12.5 Å². The van der Waals surface area contributed by atoms with Gasteiger partial charge in [-0.15, -0.1) is 0 Å². The molecule has 1 heterocycles. The highest BCUT2D eigenvalue weighted by Gasteiger charge is 2.48. The number of nitrogens with one attached hydrogen (secondary N) is 1. The molecule has 0 saturated heterocycles. The zero-order chi connectivity index (χ0) is 15.6. The van der Waals surface area contributed by atoms with Gasteiger partial charge in [-0.2, -0.15) is 0 Å². The van der Waals surface area contributed by atoms with Gasteiger partial charge in [-0.3, -0.25) is 14.4 Å². The summed E-state index contributed by atoms with van der Waals surface area (Å²) < 4.78 is 3.16. The number of methoxy groups -OCH3 is 1. The molecule has 0 aliphatic carbocycles. The van der Waals surface area contributed by atoms with Crippen LogP contribution in [0.5, 0.6) is 0 Å².